The van der Waals surface area contributed by atoms with Gasteiger partial charge in [-0.1, -0.05) is 24.4 Å². The van der Waals surface area contributed by atoms with Crippen molar-refractivity contribution in [2.45, 2.75) is 37.8 Å². The van der Waals surface area contributed by atoms with Gasteiger partial charge in [-0.15, -0.1) is 0 Å². The Morgan fingerprint density at radius 3 is 2.75 bits per heavy atom. The number of piperazine rings is 1. The van der Waals surface area contributed by atoms with Crippen LogP contribution in [-0.4, -0.2) is 41.4 Å². The van der Waals surface area contributed by atoms with Crippen molar-refractivity contribution in [1.29, 1.82) is 0 Å². The molecule has 4 amide bonds. The number of hydrogen-bond donors (Lipinski definition) is 3. The van der Waals surface area contributed by atoms with E-state index in [1.54, 1.807) is 11.0 Å². The van der Waals surface area contributed by atoms with E-state index in [2.05, 4.69) is 10.6 Å². The lowest BCUT2D eigenvalue weighted by atomic mass is 9.87. The van der Waals surface area contributed by atoms with Gasteiger partial charge in [-0.05, 0) is 31.0 Å². The summed E-state index contributed by atoms with van der Waals surface area (Å²) in [5.41, 5.74) is 5.85. The maximum atomic E-state index is 12.6. The van der Waals surface area contributed by atoms with Crippen LogP contribution in [0.2, 0.25) is 5.02 Å². The number of nitrogens with one attached hydrogen (secondary N) is 2. The molecule has 128 valence electrons. The molecular weight excluding hydrogens is 332 g/mol. The fraction of sp³-hybridized carbons (Fsp3) is 0.438. The standard InChI is InChI=1S/C16H19ClN4O3/c17-11-7-9(5-6-10(11)15(18)23)19-16(24)21-8-14(22)20-12-3-1-2-4-13(12)21/h5-7,12-13H,1-4,8H2,(H2,18,23)(H,19,24)(H,20,22)/t12-,13+/m1/s1. The third-order valence-corrected chi connectivity index (χ3v) is 4.85. The molecule has 1 saturated heterocycles. The molecule has 0 unspecified atom stereocenters. The Morgan fingerprint density at radius 2 is 2.04 bits per heavy atom. The number of halogens is 1. The number of nitrogens with zero attached hydrogens (tertiary/aromatic N) is 1. The summed E-state index contributed by atoms with van der Waals surface area (Å²) in [6, 6.07) is 4.19. The smallest absolute Gasteiger partial charge is 0.322 e. The lowest BCUT2D eigenvalue weighted by Crippen LogP contribution is -2.63. The van der Waals surface area contributed by atoms with Crippen LogP contribution in [0.15, 0.2) is 18.2 Å². The molecule has 2 fully saturated rings. The van der Waals surface area contributed by atoms with Crippen LogP contribution in [0.4, 0.5) is 10.5 Å². The molecule has 0 spiro atoms. The maximum Gasteiger partial charge on any atom is 0.322 e. The minimum atomic E-state index is -0.629. The second-order valence-electron chi connectivity index (χ2n) is 6.14. The van der Waals surface area contributed by atoms with Gasteiger partial charge in [0.05, 0.1) is 16.6 Å². The Balaban J connectivity index is 1.75. The highest BCUT2D eigenvalue weighted by molar-refractivity contribution is 6.34. The predicted octanol–water partition coefficient (Wildman–Crippen LogP) is 1.71. The number of rotatable bonds is 2. The molecule has 2 atom stereocenters. The number of fused-ring (bicyclic) bond motifs is 1. The Hall–Kier alpha value is -2.28. The Labute approximate surface area is 144 Å². The zero-order valence-corrected chi connectivity index (χ0v) is 13.8. The van der Waals surface area contributed by atoms with Gasteiger partial charge in [-0.2, -0.15) is 0 Å². The summed E-state index contributed by atoms with van der Waals surface area (Å²) in [5.74, 6) is -0.772. The van der Waals surface area contributed by atoms with Gasteiger partial charge in [0, 0.05) is 11.7 Å². The van der Waals surface area contributed by atoms with E-state index in [4.69, 9.17) is 17.3 Å². The molecule has 0 aromatic heterocycles. The Morgan fingerprint density at radius 1 is 1.29 bits per heavy atom. The SMILES string of the molecule is NC(=O)c1ccc(NC(=O)N2CC(=O)N[C@@H]3CCCC[C@@H]32)cc1Cl. The highest BCUT2D eigenvalue weighted by atomic mass is 35.5. The molecule has 1 aromatic carbocycles. The predicted molar refractivity (Wildman–Crippen MR) is 89.9 cm³/mol. The quantitative estimate of drug-likeness (QED) is 0.756. The van der Waals surface area contributed by atoms with Gasteiger partial charge < -0.3 is 21.3 Å². The van der Waals surface area contributed by atoms with E-state index in [-0.39, 0.29) is 41.2 Å². The normalized spacial score (nSPS) is 23.2. The number of nitrogens with two attached hydrogens (primary N) is 1. The lowest BCUT2D eigenvalue weighted by molar-refractivity contribution is -0.126. The maximum absolute atomic E-state index is 12.6. The summed E-state index contributed by atoms with van der Waals surface area (Å²) in [5, 5.41) is 5.88. The second-order valence-corrected chi connectivity index (χ2v) is 6.55. The third kappa shape index (κ3) is 3.31. The number of primary amides is 1. The second kappa shape index (κ2) is 6.68. The molecule has 4 N–H and O–H groups in total. The average Bonchev–Trinajstić information content (AvgIpc) is 2.53. The van der Waals surface area contributed by atoms with Gasteiger partial charge in [0.15, 0.2) is 0 Å². The highest BCUT2D eigenvalue weighted by Crippen LogP contribution is 2.27. The van der Waals surface area contributed by atoms with Gasteiger partial charge in [0.1, 0.15) is 6.54 Å². The topological polar surface area (TPSA) is 105 Å². The molecule has 1 saturated carbocycles. The first-order chi connectivity index (χ1) is 11.5. The molecule has 0 radical (unpaired) electrons. The first-order valence-electron chi connectivity index (χ1n) is 7.92. The number of carbonyl (C=O) groups is 3. The minimum absolute atomic E-state index is 0.0109. The van der Waals surface area contributed by atoms with Crippen LogP contribution in [0.5, 0.6) is 0 Å². The molecule has 1 aromatic rings. The van der Waals surface area contributed by atoms with Crippen LogP contribution >= 0.6 is 11.6 Å². The van der Waals surface area contributed by atoms with Gasteiger partial charge in [0.2, 0.25) is 11.8 Å². The molecule has 1 aliphatic carbocycles. The first-order valence-corrected chi connectivity index (χ1v) is 8.30. The molecule has 0 bridgehead atoms. The number of anilines is 1. The monoisotopic (exact) mass is 350 g/mol. The van der Waals surface area contributed by atoms with Crippen molar-refractivity contribution in [3.63, 3.8) is 0 Å². The van der Waals surface area contributed by atoms with Gasteiger partial charge in [-0.3, -0.25) is 9.59 Å². The van der Waals surface area contributed by atoms with Crippen molar-refractivity contribution in [2.24, 2.45) is 5.73 Å². The number of amides is 4. The molecule has 8 heteroatoms. The summed E-state index contributed by atoms with van der Waals surface area (Å²) in [6.07, 6.45) is 3.86. The van der Waals surface area contributed by atoms with Crippen molar-refractivity contribution < 1.29 is 14.4 Å². The van der Waals surface area contributed by atoms with E-state index in [0.29, 0.717) is 5.69 Å². The van der Waals surface area contributed by atoms with Gasteiger partial charge in [-0.25, -0.2) is 4.79 Å². The number of benzene rings is 1. The highest BCUT2D eigenvalue weighted by Gasteiger charge is 2.38. The summed E-state index contributed by atoms with van der Waals surface area (Å²) < 4.78 is 0. The van der Waals surface area contributed by atoms with E-state index >= 15 is 0 Å². The fourth-order valence-corrected chi connectivity index (χ4v) is 3.66. The molecule has 1 heterocycles. The van der Waals surface area contributed by atoms with Gasteiger partial charge in [0.25, 0.3) is 0 Å². The Bertz CT molecular complexity index is 694. The first kappa shape index (κ1) is 16.6. The molecule has 1 aliphatic heterocycles. The van der Waals surface area contributed by atoms with Crippen LogP contribution in [0.25, 0.3) is 0 Å². The average molecular weight is 351 g/mol. The van der Waals surface area contributed by atoms with E-state index < -0.39 is 5.91 Å². The van der Waals surface area contributed by atoms with Crippen molar-refractivity contribution in [2.75, 3.05) is 11.9 Å². The van der Waals surface area contributed by atoms with Crippen LogP contribution in [-0.2, 0) is 4.79 Å². The van der Waals surface area contributed by atoms with E-state index in [1.165, 1.54) is 12.1 Å². The van der Waals surface area contributed by atoms with Crippen LogP contribution in [0.3, 0.4) is 0 Å². The lowest BCUT2D eigenvalue weighted by Gasteiger charge is -2.43. The number of urea groups is 1. The van der Waals surface area contributed by atoms with Gasteiger partial charge >= 0.3 is 6.03 Å². The summed E-state index contributed by atoms with van der Waals surface area (Å²) in [7, 11) is 0. The zero-order valence-electron chi connectivity index (χ0n) is 13.0. The molecular formula is C16H19ClN4O3. The zero-order chi connectivity index (χ0) is 17.3. The van der Waals surface area contributed by atoms with Crippen molar-refractivity contribution in [3.8, 4) is 0 Å². The third-order valence-electron chi connectivity index (χ3n) is 4.54. The fourth-order valence-electron chi connectivity index (χ4n) is 3.39. The van der Waals surface area contributed by atoms with E-state index in [0.717, 1.165) is 25.7 Å². The van der Waals surface area contributed by atoms with Crippen molar-refractivity contribution >= 4 is 35.1 Å². The molecule has 3 rings (SSSR count). The molecule has 24 heavy (non-hydrogen) atoms. The molecule has 7 nitrogen and oxygen atoms in total. The summed E-state index contributed by atoms with van der Waals surface area (Å²) >= 11 is 6.00. The van der Waals surface area contributed by atoms with Crippen LogP contribution in [0, 0.1) is 0 Å². The Kier molecular flexibility index (Phi) is 4.62. The summed E-state index contributed by atoms with van der Waals surface area (Å²) in [4.78, 5) is 37.2. The van der Waals surface area contributed by atoms with Crippen molar-refractivity contribution in [1.82, 2.24) is 10.2 Å². The molecule has 2 aliphatic rings. The van der Waals surface area contributed by atoms with E-state index in [9.17, 15) is 14.4 Å². The minimum Gasteiger partial charge on any atom is -0.366 e. The largest absolute Gasteiger partial charge is 0.366 e. The van der Waals surface area contributed by atoms with Crippen molar-refractivity contribution in [3.05, 3.63) is 28.8 Å². The van der Waals surface area contributed by atoms with E-state index in [1.807, 2.05) is 0 Å². The number of carbonyl (C=O) groups excluding carboxylic acids is 3. The number of hydrogen-bond acceptors (Lipinski definition) is 3. The summed E-state index contributed by atoms with van der Waals surface area (Å²) in [6.45, 7) is 0.0418. The van der Waals surface area contributed by atoms with Crippen LogP contribution in [0.1, 0.15) is 36.0 Å². The van der Waals surface area contributed by atoms with Crippen LogP contribution < -0.4 is 16.4 Å².